The zero-order valence-corrected chi connectivity index (χ0v) is 13.9. The van der Waals surface area contributed by atoms with Gasteiger partial charge in [0.15, 0.2) is 0 Å². The van der Waals surface area contributed by atoms with Gasteiger partial charge in [-0.2, -0.15) is 0 Å². The predicted molar refractivity (Wildman–Crippen MR) is 77.4 cm³/mol. The van der Waals surface area contributed by atoms with E-state index in [1.165, 1.54) is 0 Å². The second-order valence-electron chi connectivity index (χ2n) is 5.68. The lowest BCUT2D eigenvalue weighted by atomic mass is 10.0. The lowest BCUT2D eigenvalue weighted by Crippen LogP contribution is -2.45. The number of alkyl halides is 1. The summed E-state index contributed by atoms with van der Waals surface area (Å²) in [7, 11) is 0. The second kappa shape index (κ2) is 8.40. The monoisotopic (exact) mass is 337 g/mol. The summed E-state index contributed by atoms with van der Waals surface area (Å²) in [5.41, 5.74) is -0.591. The van der Waals surface area contributed by atoms with Gasteiger partial charge in [-0.1, -0.05) is 29.8 Å². The van der Waals surface area contributed by atoms with Gasteiger partial charge in [0.25, 0.3) is 0 Å². The molecule has 1 amide bonds. The van der Waals surface area contributed by atoms with Gasteiger partial charge in [-0.3, -0.25) is 0 Å². The van der Waals surface area contributed by atoms with Crippen molar-refractivity contribution in [3.05, 3.63) is 0 Å². The predicted octanol–water partition coefficient (Wildman–Crippen LogP) is 2.86. The molecular weight excluding hydrogens is 314 g/mol. The van der Waals surface area contributed by atoms with Crippen molar-refractivity contribution in [2.24, 2.45) is 5.92 Å². The quantitative estimate of drug-likeness (QED) is 0.597. The molecule has 0 aromatic rings. The molecule has 19 heavy (non-hydrogen) atoms. The Balaban J connectivity index is 4.50. The van der Waals surface area contributed by atoms with Crippen molar-refractivity contribution in [3.8, 4) is 0 Å². The molecule has 0 bridgehead atoms. The third-order valence-corrected chi connectivity index (χ3v) is 2.33. The minimum atomic E-state index is -0.672. The van der Waals surface area contributed by atoms with Gasteiger partial charge in [0.1, 0.15) is 18.2 Å². The van der Waals surface area contributed by atoms with E-state index in [9.17, 15) is 9.59 Å². The van der Waals surface area contributed by atoms with E-state index in [-0.39, 0.29) is 12.5 Å². The number of halogens is 1. The molecule has 0 saturated heterocycles. The topological polar surface area (TPSA) is 64.6 Å². The van der Waals surface area contributed by atoms with Crippen molar-refractivity contribution in [1.29, 1.82) is 0 Å². The van der Waals surface area contributed by atoms with Crippen LogP contribution in [0.25, 0.3) is 0 Å². The van der Waals surface area contributed by atoms with Gasteiger partial charge in [0, 0.05) is 5.33 Å². The highest BCUT2D eigenvalue weighted by molar-refractivity contribution is 9.09. The summed E-state index contributed by atoms with van der Waals surface area (Å²) in [5, 5.41) is 3.13. The standard InChI is InChI=1S/C13H24BrNO4/c1-9(2)8-10(11(16)18-7-6-14)15-12(17)19-13(3,4)5/h9-10H,6-8H2,1-5H3,(H,15,17)/t10-/m0/s1. The molecule has 0 radical (unpaired) electrons. The lowest BCUT2D eigenvalue weighted by molar-refractivity contribution is -0.145. The highest BCUT2D eigenvalue weighted by Crippen LogP contribution is 2.10. The first-order valence-corrected chi connectivity index (χ1v) is 7.50. The van der Waals surface area contributed by atoms with Crippen LogP contribution in [0.2, 0.25) is 0 Å². The summed E-state index contributed by atoms with van der Waals surface area (Å²) in [6, 6.07) is -0.672. The highest BCUT2D eigenvalue weighted by atomic mass is 79.9. The van der Waals surface area contributed by atoms with Crippen LogP contribution in [0.3, 0.4) is 0 Å². The maximum atomic E-state index is 11.8. The molecule has 0 aliphatic rings. The Morgan fingerprint density at radius 2 is 1.84 bits per heavy atom. The number of amides is 1. The van der Waals surface area contributed by atoms with E-state index >= 15 is 0 Å². The summed E-state index contributed by atoms with van der Waals surface area (Å²) in [5.74, 6) is -0.171. The molecule has 0 aromatic carbocycles. The summed E-state index contributed by atoms with van der Waals surface area (Å²) >= 11 is 3.18. The maximum Gasteiger partial charge on any atom is 0.408 e. The summed E-state index contributed by atoms with van der Waals surface area (Å²) in [6.45, 7) is 9.54. The Labute approximate surface area is 123 Å². The van der Waals surface area contributed by atoms with Gasteiger partial charge in [-0.15, -0.1) is 0 Å². The molecule has 0 aromatic heterocycles. The molecule has 0 rings (SSSR count). The highest BCUT2D eigenvalue weighted by Gasteiger charge is 2.26. The fourth-order valence-electron chi connectivity index (χ4n) is 1.38. The molecule has 0 unspecified atom stereocenters. The molecule has 112 valence electrons. The van der Waals surface area contributed by atoms with E-state index in [0.717, 1.165) is 0 Å². The molecule has 0 fully saturated rings. The maximum absolute atomic E-state index is 11.8. The van der Waals surface area contributed by atoms with Gasteiger partial charge >= 0.3 is 12.1 Å². The van der Waals surface area contributed by atoms with Gasteiger partial charge in [-0.05, 0) is 33.1 Å². The van der Waals surface area contributed by atoms with E-state index in [1.807, 2.05) is 13.8 Å². The van der Waals surface area contributed by atoms with Crippen molar-refractivity contribution in [1.82, 2.24) is 5.32 Å². The van der Waals surface area contributed by atoms with Crippen LogP contribution in [0.1, 0.15) is 41.0 Å². The minimum Gasteiger partial charge on any atom is -0.463 e. The lowest BCUT2D eigenvalue weighted by Gasteiger charge is -2.23. The molecule has 0 heterocycles. The first-order valence-electron chi connectivity index (χ1n) is 6.38. The number of carbonyl (C=O) groups excluding carboxylic acids is 2. The average molecular weight is 338 g/mol. The molecule has 1 N–H and O–H groups in total. The molecule has 0 saturated carbocycles. The molecule has 0 spiro atoms. The fourth-order valence-corrected chi connectivity index (χ4v) is 1.54. The molecular formula is C13H24BrNO4. The van der Waals surface area contributed by atoms with Crippen molar-refractivity contribution < 1.29 is 19.1 Å². The van der Waals surface area contributed by atoms with Crippen molar-refractivity contribution in [2.75, 3.05) is 11.9 Å². The Hall–Kier alpha value is -0.780. The molecule has 0 aliphatic heterocycles. The van der Waals surface area contributed by atoms with E-state index in [1.54, 1.807) is 20.8 Å². The molecule has 0 aliphatic carbocycles. The Kier molecular flexibility index (Phi) is 8.06. The van der Waals surface area contributed by atoms with E-state index in [2.05, 4.69) is 21.2 Å². The summed E-state index contributed by atoms with van der Waals surface area (Å²) in [6.07, 6.45) is -0.0886. The number of alkyl carbamates (subject to hydrolysis) is 1. The smallest absolute Gasteiger partial charge is 0.408 e. The number of esters is 1. The number of carbonyl (C=O) groups is 2. The summed E-state index contributed by atoms with van der Waals surface area (Å²) < 4.78 is 10.2. The van der Waals surface area contributed by atoms with E-state index in [0.29, 0.717) is 11.8 Å². The van der Waals surface area contributed by atoms with Crippen LogP contribution in [0.15, 0.2) is 0 Å². The second-order valence-corrected chi connectivity index (χ2v) is 6.48. The zero-order valence-electron chi connectivity index (χ0n) is 12.3. The number of nitrogens with one attached hydrogen (secondary N) is 1. The van der Waals surface area contributed by atoms with Crippen LogP contribution in [-0.2, 0) is 14.3 Å². The molecule has 5 nitrogen and oxygen atoms in total. The first kappa shape index (κ1) is 18.2. The van der Waals surface area contributed by atoms with E-state index in [4.69, 9.17) is 9.47 Å². The number of rotatable bonds is 6. The number of ether oxygens (including phenoxy) is 2. The Morgan fingerprint density at radius 3 is 2.26 bits per heavy atom. The first-order chi connectivity index (χ1) is 8.65. The normalized spacial score (nSPS) is 13.0. The number of hydrogen-bond donors (Lipinski definition) is 1. The van der Waals surface area contributed by atoms with E-state index < -0.39 is 23.7 Å². The third-order valence-electron chi connectivity index (χ3n) is 2.00. The van der Waals surface area contributed by atoms with Crippen molar-refractivity contribution in [3.63, 3.8) is 0 Å². The summed E-state index contributed by atoms with van der Waals surface area (Å²) in [4.78, 5) is 23.5. The van der Waals surface area contributed by atoms with Crippen molar-refractivity contribution in [2.45, 2.75) is 52.7 Å². The van der Waals surface area contributed by atoms with Gasteiger partial charge in [-0.25, -0.2) is 9.59 Å². The molecule has 6 heteroatoms. The Morgan fingerprint density at radius 1 is 1.26 bits per heavy atom. The van der Waals surface area contributed by atoms with Crippen LogP contribution < -0.4 is 5.32 Å². The largest absolute Gasteiger partial charge is 0.463 e. The van der Waals surface area contributed by atoms with Gasteiger partial charge < -0.3 is 14.8 Å². The van der Waals surface area contributed by atoms with Crippen LogP contribution in [0.4, 0.5) is 4.79 Å². The van der Waals surface area contributed by atoms with Gasteiger partial charge in [0.2, 0.25) is 0 Å². The zero-order chi connectivity index (χ0) is 15.1. The SMILES string of the molecule is CC(C)C[C@H](NC(=O)OC(C)(C)C)C(=O)OCCBr. The van der Waals surface area contributed by atoms with Crippen LogP contribution in [-0.4, -0.2) is 35.6 Å². The third kappa shape index (κ3) is 9.76. The van der Waals surface area contributed by atoms with Crippen molar-refractivity contribution >= 4 is 28.0 Å². The molecule has 1 atom stereocenters. The van der Waals surface area contributed by atoms with Crippen LogP contribution in [0, 0.1) is 5.92 Å². The Bertz CT molecular complexity index is 300. The minimum absolute atomic E-state index is 0.261. The van der Waals surface area contributed by atoms with Gasteiger partial charge in [0.05, 0.1) is 0 Å². The average Bonchev–Trinajstić information content (AvgIpc) is 2.21. The van der Waals surface area contributed by atoms with Crippen LogP contribution >= 0.6 is 15.9 Å². The number of hydrogen-bond acceptors (Lipinski definition) is 4. The fraction of sp³-hybridized carbons (Fsp3) is 0.846. The van der Waals surface area contributed by atoms with Crippen LogP contribution in [0.5, 0.6) is 0 Å².